The van der Waals surface area contributed by atoms with Gasteiger partial charge in [-0.3, -0.25) is 9.59 Å². The smallest absolute Gasteiger partial charge is 0.329 e. The highest BCUT2D eigenvalue weighted by Crippen LogP contribution is 2.20. The second-order valence-corrected chi connectivity index (χ2v) is 6.19. The van der Waals surface area contributed by atoms with Gasteiger partial charge in [0.25, 0.3) is 0 Å². The highest BCUT2D eigenvalue weighted by Gasteiger charge is 2.10. The van der Waals surface area contributed by atoms with E-state index in [-0.39, 0.29) is 6.54 Å². The summed E-state index contributed by atoms with van der Waals surface area (Å²) in [6.07, 6.45) is 2.94. The van der Waals surface area contributed by atoms with Crippen LogP contribution in [-0.2, 0) is 16.2 Å². The fraction of sp³-hybridized carbons (Fsp3) is 0.0870. The quantitative estimate of drug-likeness (QED) is 0.283. The Morgan fingerprint density at radius 2 is 1.72 bits per heavy atom. The number of hydrogen-bond donors (Lipinski definition) is 2. The zero-order chi connectivity index (χ0) is 20.5. The first-order valence-corrected chi connectivity index (χ1v) is 9.09. The number of ether oxygens (including phenoxy) is 1. The van der Waals surface area contributed by atoms with Crippen molar-refractivity contribution in [3.63, 3.8) is 0 Å². The zero-order valence-electron chi connectivity index (χ0n) is 15.8. The maximum atomic E-state index is 11.5. The van der Waals surface area contributed by atoms with Gasteiger partial charge in [0.05, 0.1) is 6.21 Å². The van der Waals surface area contributed by atoms with Crippen LogP contribution in [0.5, 0.6) is 5.75 Å². The van der Waals surface area contributed by atoms with Gasteiger partial charge >= 0.3 is 11.8 Å². The van der Waals surface area contributed by atoms with E-state index in [4.69, 9.17) is 4.74 Å². The number of hydrazone groups is 1. The summed E-state index contributed by atoms with van der Waals surface area (Å²) in [6, 6.07) is 21.6. The van der Waals surface area contributed by atoms with Crippen molar-refractivity contribution < 1.29 is 14.3 Å². The first-order chi connectivity index (χ1) is 14.2. The van der Waals surface area contributed by atoms with E-state index in [1.165, 1.54) is 23.1 Å². The van der Waals surface area contributed by atoms with E-state index >= 15 is 0 Å². The minimum absolute atomic E-state index is 0.218. The molecule has 6 heteroatoms. The van der Waals surface area contributed by atoms with Crippen LogP contribution in [0.25, 0.3) is 10.8 Å². The highest BCUT2D eigenvalue weighted by molar-refractivity contribution is 6.35. The number of carbonyl (C=O) groups excluding carboxylic acids is 2. The lowest BCUT2D eigenvalue weighted by Crippen LogP contribution is -2.37. The van der Waals surface area contributed by atoms with Gasteiger partial charge in [-0.2, -0.15) is 5.10 Å². The van der Waals surface area contributed by atoms with Crippen molar-refractivity contribution in [1.29, 1.82) is 0 Å². The lowest BCUT2D eigenvalue weighted by Gasteiger charge is -2.09. The summed E-state index contributed by atoms with van der Waals surface area (Å²) in [4.78, 5) is 22.9. The number of rotatable bonds is 7. The molecule has 29 heavy (non-hydrogen) atoms. The molecule has 0 atom stereocenters. The number of benzene rings is 3. The molecule has 0 spiro atoms. The minimum Gasteiger partial charge on any atom is -0.489 e. The zero-order valence-corrected chi connectivity index (χ0v) is 15.8. The van der Waals surface area contributed by atoms with E-state index in [0.717, 1.165) is 16.9 Å². The molecule has 3 rings (SSSR count). The average molecular weight is 387 g/mol. The predicted octanol–water partition coefficient (Wildman–Crippen LogP) is 3.17. The van der Waals surface area contributed by atoms with E-state index in [1.54, 1.807) is 0 Å². The second-order valence-electron chi connectivity index (χ2n) is 6.19. The summed E-state index contributed by atoms with van der Waals surface area (Å²) in [5.41, 5.74) is 4.05. The van der Waals surface area contributed by atoms with E-state index < -0.39 is 11.8 Å². The van der Waals surface area contributed by atoms with Gasteiger partial charge in [-0.15, -0.1) is 6.58 Å². The van der Waals surface area contributed by atoms with Gasteiger partial charge in [-0.25, -0.2) is 5.43 Å². The number of hydrogen-bond acceptors (Lipinski definition) is 4. The van der Waals surface area contributed by atoms with Crippen molar-refractivity contribution in [3.05, 3.63) is 90.5 Å². The summed E-state index contributed by atoms with van der Waals surface area (Å²) in [6.45, 7) is 4.14. The Morgan fingerprint density at radius 1 is 0.966 bits per heavy atom. The van der Waals surface area contributed by atoms with Crippen molar-refractivity contribution in [3.8, 4) is 5.75 Å². The maximum absolute atomic E-state index is 11.5. The van der Waals surface area contributed by atoms with Gasteiger partial charge in [0.2, 0.25) is 0 Å². The van der Waals surface area contributed by atoms with E-state index in [9.17, 15) is 9.59 Å². The Balaban J connectivity index is 1.54. The average Bonchev–Trinajstić information content (AvgIpc) is 2.76. The number of fused-ring (bicyclic) bond motifs is 1. The first-order valence-electron chi connectivity index (χ1n) is 9.09. The summed E-state index contributed by atoms with van der Waals surface area (Å²) in [5, 5.41) is 8.50. The number of carbonyl (C=O) groups is 2. The standard InChI is InChI=1S/C23H21N3O3/c1-2-14-24-22(27)23(28)26-25-15-17-10-12-20(13-11-17)29-16-19-8-5-7-18-6-3-4-9-21(18)19/h2-13,15H,1,14,16H2,(H,24,27)(H,26,28)/b25-15-. The van der Waals surface area contributed by atoms with Crippen LogP contribution in [0.15, 0.2) is 84.5 Å². The Morgan fingerprint density at radius 3 is 2.52 bits per heavy atom. The van der Waals surface area contributed by atoms with Gasteiger partial charge in [0.15, 0.2) is 0 Å². The molecular formula is C23H21N3O3. The highest BCUT2D eigenvalue weighted by atomic mass is 16.5. The molecule has 2 amide bonds. The Labute approximate surface area is 168 Å². The summed E-state index contributed by atoms with van der Waals surface area (Å²) in [5.74, 6) is -0.875. The molecule has 0 unspecified atom stereocenters. The molecular weight excluding hydrogens is 366 g/mol. The summed E-state index contributed by atoms with van der Waals surface area (Å²) in [7, 11) is 0. The molecule has 0 heterocycles. The fourth-order valence-corrected chi connectivity index (χ4v) is 2.69. The molecule has 0 fully saturated rings. The molecule has 6 nitrogen and oxygen atoms in total. The monoisotopic (exact) mass is 387 g/mol. The molecule has 0 bridgehead atoms. The summed E-state index contributed by atoms with van der Waals surface area (Å²) >= 11 is 0. The number of nitrogens with zero attached hydrogens (tertiary/aromatic N) is 1. The normalized spacial score (nSPS) is 10.6. The Bertz CT molecular complexity index is 1040. The van der Waals surface area contributed by atoms with Gasteiger partial charge in [0, 0.05) is 6.54 Å². The molecule has 0 aromatic heterocycles. The van der Waals surface area contributed by atoms with Crippen LogP contribution in [0.2, 0.25) is 0 Å². The Kier molecular flexibility index (Phi) is 6.73. The van der Waals surface area contributed by atoms with Crippen LogP contribution in [0.3, 0.4) is 0 Å². The number of nitrogens with one attached hydrogen (secondary N) is 2. The van der Waals surface area contributed by atoms with Crippen LogP contribution in [-0.4, -0.2) is 24.6 Å². The van der Waals surface area contributed by atoms with Crippen LogP contribution in [0.1, 0.15) is 11.1 Å². The molecule has 3 aromatic carbocycles. The molecule has 0 aliphatic rings. The van der Waals surface area contributed by atoms with Crippen LogP contribution in [0.4, 0.5) is 0 Å². The lowest BCUT2D eigenvalue weighted by molar-refractivity contribution is -0.139. The first kappa shape index (κ1) is 19.8. The largest absolute Gasteiger partial charge is 0.489 e. The third-order valence-electron chi connectivity index (χ3n) is 4.15. The van der Waals surface area contributed by atoms with Gasteiger partial charge in [-0.05, 0) is 46.2 Å². The summed E-state index contributed by atoms with van der Waals surface area (Å²) < 4.78 is 5.89. The van der Waals surface area contributed by atoms with Crippen molar-refractivity contribution in [2.24, 2.45) is 5.10 Å². The third-order valence-corrected chi connectivity index (χ3v) is 4.15. The molecule has 0 saturated heterocycles. The minimum atomic E-state index is -0.835. The predicted molar refractivity (Wildman–Crippen MR) is 114 cm³/mol. The fourth-order valence-electron chi connectivity index (χ4n) is 2.69. The second kappa shape index (κ2) is 9.85. The van der Waals surface area contributed by atoms with Crippen molar-refractivity contribution in [2.45, 2.75) is 6.61 Å². The molecule has 0 aliphatic heterocycles. The molecule has 2 N–H and O–H groups in total. The molecule has 3 aromatic rings. The van der Waals surface area contributed by atoms with Crippen LogP contribution >= 0.6 is 0 Å². The molecule has 146 valence electrons. The van der Waals surface area contributed by atoms with Crippen molar-refractivity contribution in [2.75, 3.05) is 6.54 Å². The number of amides is 2. The lowest BCUT2D eigenvalue weighted by atomic mass is 10.1. The van der Waals surface area contributed by atoms with E-state index in [1.807, 2.05) is 42.5 Å². The van der Waals surface area contributed by atoms with Crippen molar-refractivity contribution >= 4 is 28.8 Å². The molecule has 0 aliphatic carbocycles. The maximum Gasteiger partial charge on any atom is 0.329 e. The Hall–Kier alpha value is -3.93. The molecule has 0 saturated carbocycles. The topological polar surface area (TPSA) is 79.8 Å². The van der Waals surface area contributed by atoms with Gasteiger partial charge in [0.1, 0.15) is 12.4 Å². The van der Waals surface area contributed by atoms with Gasteiger partial charge in [-0.1, -0.05) is 48.5 Å². The van der Waals surface area contributed by atoms with Gasteiger partial charge < -0.3 is 10.1 Å². The van der Waals surface area contributed by atoms with Crippen LogP contribution in [0, 0.1) is 0 Å². The molecule has 0 radical (unpaired) electrons. The SMILES string of the molecule is C=CCNC(=O)C(=O)N/N=C\c1ccc(OCc2cccc3ccccc23)cc1. The van der Waals surface area contributed by atoms with Crippen LogP contribution < -0.4 is 15.5 Å². The van der Waals surface area contributed by atoms with E-state index in [2.05, 4.69) is 46.7 Å². The van der Waals surface area contributed by atoms with E-state index in [0.29, 0.717) is 6.61 Å². The third kappa shape index (κ3) is 5.52. The van der Waals surface area contributed by atoms with Crippen molar-refractivity contribution in [1.82, 2.24) is 10.7 Å².